The van der Waals surface area contributed by atoms with Gasteiger partial charge in [-0.3, -0.25) is 37.3 Å². The van der Waals surface area contributed by atoms with Gasteiger partial charge in [-0.1, -0.05) is 274 Å². The fraction of sp³-hybridized carbons (Fsp3) is 0.940. The number of hydrogen-bond acceptors (Lipinski definition) is 15. The van der Waals surface area contributed by atoms with E-state index in [1.54, 1.807) is 0 Å². The third-order valence-corrected chi connectivity index (χ3v) is 17.9. The van der Waals surface area contributed by atoms with E-state index in [0.29, 0.717) is 31.6 Å². The van der Waals surface area contributed by atoms with Crippen molar-refractivity contribution in [3.63, 3.8) is 0 Å². The van der Waals surface area contributed by atoms with Crippen molar-refractivity contribution >= 4 is 39.5 Å². The van der Waals surface area contributed by atoms with Gasteiger partial charge in [-0.25, -0.2) is 9.13 Å². The van der Waals surface area contributed by atoms with Crippen LogP contribution in [0.15, 0.2) is 0 Å². The lowest BCUT2D eigenvalue weighted by atomic mass is 9.99. The largest absolute Gasteiger partial charge is 0.472 e. The first-order valence-corrected chi connectivity index (χ1v) is 37.8. The first kappa shape index (κ1) is 84.1. The number of esters is 4. The molecule has 19 heteroatoms. The molecular weight excluding hydrogens is 1140 g/mol. The minimum absolute atomic E-state index is 0.104. The number of unbranched alkanes of at least 4 members (excludes halogenated alkanes) is 28. The summed E-state index contributed by atoms with van der Waals surface area (Å²) in [6.07, 6.45) is 37.5. The van der Waals surface area contributed by atoms with Crippen molar-refractivity contribution < 1.29 is 80.2 Å². The van der Waals surface area contributed by atoms with E-state index in [4.69, 9.17) is 37.0 Å². The van der Waals surface area contributed by atoms with E-state index in [-0.39, 0.29) is 25.7 Å². The lowest BCUT2D eigenvalue weighted by molar-refractivity contribution is -0.161. The number of phosphoric acid groups is 2. The van der Waals surface area contributed by atoms with Crippen LogP contribution in [-0.4, -0.2) is 96.7 Å². The minimum Gasteiger partial charge on any atom is -0.462 e. The van der Waals surface area contributed by atoms with E-state index < -0.39 is 97.5 Å². The van der Waals surface area contributed by atoms with E-state index in [0.717, 1.165) is 114 Å². The molecule has 0 rings (SSSR count). The topological polar surface area (TPSA) is 237 Å². The molecule has 0 saturated carbocycles. The molecule has 0 radical (unpaired) electrons. The number of carbonyl (C=O) groups is 4. The van der Waals surface area contributed by atoms with Crippen molar-refractivity contribution in [3.8, 4) is 0 Å². The minimum atomic E-state index is -4.95. The molecule has 86 heavy (non-hydrogen) atoms. The first-order valence-electron chi connectivity index (χ1n) is 34.8. The molecule has 5 unspecified atom stereocenters. The van der Waals surface area contributed by atoms with Gasteiger partial charge in [0.1, 0.15) is 19.3 Å². The van der Waals surface area contributed by atoms with Gasteiger partial charge in [-0.05, 0) is 49.4 Å². The molecule has 0 heterocycles. The summed E-state index contributed by atoms with van der Waals surface area (Å²) in [6.45, 7) is 14.0. The molecule has 0 amide bonds. The van der Waals surface area contributed by atoms with Crippen molar-refractivity contribution in [2.24, 2.45) is 23.7 Å². The van der Waals surface area contributed by atoms with Gasteiger partial charge in [0.25, 0.3) is 0 Å². The third-order valence-electron chi connectivity index (χ3n) is 16.0. The zero-order valence-electron chi connectivity index (χ0n) is 55.9. The second-order valence-electron chi connectivity index (χ2n) is 25.6. The van der Waals surface area contributed by atoms with E-state index in [1.165, 1.54) is 122 Å². The van der Waals surface area contributed by atoms with Crippen molar-refractivity contribution in [1.82, 2.24) is 0 Å². The molecular formula is C67H130O17P2. The molecule has 0 saturated heterocycles. The molecule has 0 aromatic carbocycles. The van der Waals surface area contributed by atoms with Crippen LogP contribution in [0.3, 0.4) is 0 Å². The van der Waals surface area contributed by atoms with Crippen molar-refractivity contribution in [2.45, 2.75) is 343 Å². The van der Waals surface area contributed by atoms with Crippen LogP contribution < -0.4 is 0 Å². The molecule has 0 spiro atoms. The number of ether oxygens (including phenoxy) is 4. The highest BCUT2D eigenvalue weighted by Crippen LogP contribution is 2.45. The van der Waals surface area contributed by atoms with Crippen molar-refractivity contribution in [3.05, 3.63) is 0 Å². The highest BCUT2D eigenvalue weighted by molar-refractivity contribution is 7.47. The fourth-order valence-electron chi connectivity index (χ4n) is 9.89. The quantitative estimate of drug-likeness (QED) is 0.0222. The number of hydrogen-bond donors (Lipinski definition) is 3. The Hall–Kier alpha value is -1.94. The Balaban J connectivity index is 5.27. The smallest absolute Gasteiger partial charge is 0.462 e. The second-order valence-corrected chi connectivity index (χ2v) is 28.6. The molecule has 0 aromatic heterocycles. The molecule has 510 valence electrons. The van der Waals surface area contributed by atoms with Crippen LogP contribution in [0, 0.1) is 23.7 Å². The fourth-order valence-corrected chi connectivity index (χ4v) is 11.5. The van der Waals surface area contributed by atoms with Crippen LogP contribution in [-0.2, 0) is 65.4 Å². The van der Waals surface area contributed by atoms with E-state index in [1.807, 2.05) is 0 Å². The summed E-state index contributed by atoms with van der Waals surface area (Å²) in [7, 11) is -9.90. The lowest BCUT2D eigenvalue weighted by Gasteiger charge is -2.21. The van der Waals surface area contributed by atoms with Crippen molar-refractivity contribution in [2.75, 3.05) is 39.6 Å². The van der Waals surface area contributed by atoms with E-state index in [9.17, 15) is 43.2 Å². The van der Waals surface area contributed by atoms with E-state index >= 15 is 0 Å². The molecule has 0 aromatic rings. The summed E-state index contributed by atoms with van der Waals surface area (Å²) in [6, 6.07) is 0. The molecule has 3 N–H and O–H groups in total. The maximum atomic E-state index is 13.0. The van der Waals surface area contributed by atoms with Crippen LogP contribution in [0.2, 0.25) is 0 Å². The highest BCUT2D eigenvalue weighted by Gasteiger charge is 2.30. The zero-order chi connectivity index (χ0) is 63.9. The Morgan fingerprint density at radius 2 is 0.558 bits per heavy atom. The number of rotatable bonds is 64. The van der Waals surface area contributed by atoms with Gasteiger partial charge < -0.3 is 33.8 Å². The Morgan fingerprint density at radius 3 is 0.826 bits per heavy atom. The summed E-state index contributed by atoms with van der Waals surface area (Å²) >= 11 is 0. The zero-order valence-corrected chi connectivity index (χ0v) is 57.7. The van der Waals surface area contributed by atoms with Gasteiger partial charge in [0.2, 0.25) is 0 Å². The lowest BCUT2D eigenvalue weighted by Crippen LogP contribution is -2.30. The Bertz CT molecular complexity index is 1720. The normalized spacial score (nSPS) is 15.0. The maximum Gasteiger partial charge on any atom is 0.472 e. The van der Waals surface area contributed by atoms with Crippen LogP contribution in [0.5, 0.6) is 0 Å². The molecule has 0 aliphatic heterocycles. The Kier molecular flexibility index (Phi) is 55.7. The van der Waals surface area contributed by atoms with Gasteiger partial charge in [0.05, 0.1) is 26.4 Å². The third kappa shape index (κ3) is 58.4. The van der Waals surface area contributed by atoms with Crippen LogP contribution in [0.25, 0.3) is 0 Å². The van der Waals surface area contributed by atoms with Gasteiger partial charge >= 0.3 is 39.5 Å². The molecule has 0 aliphatic rings. The number of phosphoric ester groups is 2. The van der Waals surface area contributed by atoms with Crippen LogP contribution in [0.1, 0.15) is 325 Å². The Morgan fingerprint density at radius 1 is 0.326 bits per heavy atom. The maximum absolute atomic E-state index is 13.0. The number of carbonyl (C=O) groups excluding carboxylic acids is 4. The van der Waals surface area contributed by atoms with Crippen LogP contribution in [0.4, 0.5) is 0 Å². The number of aliphatic hydroxyl groups is 1. The standard InChI is InChI=1S/C67H130O17P2/c1-9-59(7)45-37-29-21-14-16-23-31-39-47-64(69)77-53-62(84-67(72)50-42-34-25-17-15-22-30-38-46-60(8)10-2)55-81-85(73,74)79-51-61(68)52-80-86(75,76)82-56-63(54-78-65(70)48-40-32-26-18-20-28-36-44-58(5)6)83-66(71)49-41-33-24-13-11-12-19-27-35-43-57(3)4/h57-63,68H,9-56H2,1-8H3,(H,73,74)(H,75,76)/t59?,60?,61?,62-,63-/m1/s1. The highest BCUT2D eigenvalue weighted by atomic mass is 31.2. The summed E-state index contributed by atoms with van der Waals surface area (Å²) in [4.78, 5) is 72.4. The van der Waals surface area contributed by atoms with Crippen LogP contribution >= 0.6 is 15.6 Å². The molecule has 7 atom stereocenters. The van der Waals surface area contributed by atoms with E-state index in [2.05, 4.69) is 55.4 Å². The molecule has 17 nitrogen and oxygen atoms in total. The van der Waals surface area contributed by atoms with Crippen molar-refractivity contribution in [1.29, 1.82) is 0 Å². The summed E-state index contributed by atoms with van der Waals surface area (Å²) in [5.41, 5.74) is 0. The average molecular weight is 1270 g/mol. The molecule has 0 fully saturated rings. The SMILES string of the molecule is CCC(C)CCCCCCCCCCC(=O)OC[C@H](COP(=O)(O)OCC(O)COP(=O)(O)OC[C@@H](COC(=O)CCCCCCCCCC(C)C)OC(=O)CCCCCCCCCCCC(C)C)OC(=O)CCCCCCCCCCC(C)CC. The predicted molar refractivity (Wildman–Crippen MR) is 344 cm³/mol. The Labute approximate surface area is 524 Å². The molecule has 0 aliphatic carbocycles. The second kappa shape index (κ2) is 57.0. The summed E-state index contributed by atoms with van der Waals surface area (Å²) < 4.78 is 68.1. The molecule has 0 bridgehead atoms. The van der Waals surface area contributed by atoms with Gasteiger partial charge in [-0.2, -0.15) is 0 Å². The van der Waals surface area contributed by atoms with Gasteiger partial charge in [-0.15, -0.1) is 0 Å². The van der Waals surface area contributed by atoms with Gasteiger partial charge in [0.15, 0.2) is 12.2 Å². The van der Waals surface area contributed by atoms with Gasteiger partial charge in [0, 0.05) is 25.7 Å². The summed E-state index contributed by atoms with van der Waals surface area (Å²) in [5, 5.41) is 10.6. The first-order chi connectivity index (χ1) is 41.2. The summed E-state index contributed by atoms with van der Waals surface area (Å²) in [5.74, 6) is 0.852. The predicted octanol–water partition coefficient (Wildman–Crippen LogP) is 18.5. The monoisotopic (exact) mass is 1270 g/mol. The average Bonchev–Trinajstić information content (AvgIpc) is 3.66. The number of aliphatic hydroxyl groups excluding tert-OH is 1.